The molecule has 2 atom stereocenters. The molecule has 2 aromatic rings. The van der Waals surface area contributed by atoms with Gasteiger partial charge in [0.15, 0.2) is 0 Å². The van der Waals surface area contributed by atoms with Crippen LogP contribution in [0, 0.1) is 5.82 Å². The molecule has 1 nitrogen and oxygen atoms in total. The SMILES string of the molecule is CC(NC(C)c1c(Cl)ccc(F)c1Cl)c1ccc(Cl)s1. The van der Waals surface area contributed by atoms with E-state index in [9.17, 15) is 4.39 Å². The Morgan fingerprint density at radius 2 is 1.75 bits per heavy atom. The fourth-order valence-corrected chi connectivity index (χ4v) is 3.81. The van der Waals surface area contributed by atoms with E-state index in [2.05, 4.69) is 5.32 Å². The largest absolute Gasteiger partial charge is 0.303 e. The maximum absolute atomic E-state index is 13.5. The highest BCUT2D eigenvalue weighted by Gasteiger charge is 2.19. The van der Waals surface area contributed by atoms with Gasteiger partial charge in [-0.1, -0.05) is 34.8 Å². The summed E-state index contributed by atoms with van der Waals surface area (Å²) in [6, 6.07) is 6.49. The number of hydrogen-bond acceptors (Lipinski definition) is 2. The van der Waals surface area contributed by atoms with Gasteiger partial charge in [0.05, 0.1) is 9.36 Å². The normalized spacial score (nSPS) is 14.3. The van der Waals surface area contributed by atoms with E-state index in [4.69, 9.17) is 34.8 Å². The van der Waals surface area contributed by atoms with Crippen LogP contribution in [0.3, 0.4) is 0 Å². The summed E-state index contributed by atoms with van der Waals surface area (Å²) < 4.78 is 14.3. The van der Waals surface area contributed by atoms with Crippen molar-refractivity contribution in [3.8, 4) is 0 Å². The van der Waals surface area contributed by atoms with E-state index in [0.29, 0.717) is 10.6 Å². The summed E-state index contributed by atoms with van der Waals surface area (Å²) in [6.45, 7) is 3.91. The van der Waals surface area contributed by atoms with Crippen molar-refractivity contribution in [1.82, 2.24) is 5.32 Å². The molecule has 20 heavy (non-hydrogen) atoms. The molecule has 0 aliphatic rings. The second-order valence-electron chi connectivity index (χ2n) is 4.51. The molecule has 2 unspecified atom stereocenters. The maximum atomic E-state index is 13.5. The van der Waals surface area contributed by atoms with Gasteiger partial charge in [0.2, 0.25) is 0 Å². The Hall–Kier alpha value is -0.320. The fraction of sp³-hybridized carbons (Fsp3) is 0.286. The minimum Gasteiger partial charge on any atom is -0.303 e. The quantitative estimate of drug-likeness (QED) is 0.640. The highest BCUT2D eigenvalue weighted by atomic mass is 35.5. The zero-order valence-corrected chi connectivity index (χ0v) is 14.0. The predicted molar refractivity (Wildman–Crippen MR) is 85.7 cm³/mol. The summed E-state index contributed by atoms with van der Waals surface area (Å²) in [7, 11) is 0. The molecule has 1 aromatic heterocycles. The lowest BCUT2D eigenvalue weighted by molar-refractivity contribution is 0.497. The highest BCUT2D eigenvalue weighted by molar-refractivity contribution is 7.16. The van der Waals surface area contributed by atoms with E-state index in [-0.39, 0.29) is 17.1 Å². The van der Waals surface area contributed by atoms with Crippen molar-refractivity contribution >= 4 is 46.1 Å². The van der Waals surface area contributed by atoms with Crippen molar-refractivity contribution in [2.45, 2.75) is 25.9 Å². The third-order valence-electron chi connectivity index (χ3n) is 3.03. The third kappa shape index (κ3) is 3.46. The van der Waals surface area contributed by atoms with Gasteiger partial charge in [0, 0.05) is 27.5 Å². The molecule has 0 amide bonds. The Labute approximate surface area is 136 Å². The summed E-state index contributed by atoms with van der Waals surface area (Å²) in [5, 5.41) is 3.87. The first kappa shape index (κ1) is 16.1. The average Bonchev–Trinajstić information content (AvgIpc) is 2.81. The number of rotatable bonds is 4. The molecular formula is C14H13Cl3FNS. The fourth-order valence-electron chi connectivity index (χ4n) is 2.04. The zero-order valence-electron chi connectivity index (χ0n) is 10.9. The molecule has 0 saturated carbocycles. The first-order valence-electron chi connectivity index (χ1n) is 6.04. The van der Waals surface area contributed by atoms with Gasteiger partial charge < -0.3 is 5.32 Å². The van der Waals surface area contributed by atoms with Gasteiger partial charge in [-0.3, -0.25) is 0 Å². The second kappa shape index (κ2) is 6.63. The van der Waals surface area contributed by atoms with Crippen LogP contribution in [0.4, 0.5) is 4.39 Å². The molecule has 6 heteroatoms. The molecule has 2 rings (SSSR count). The summed E-state index contributed by atoms with van der Waals surface area (Å²) in [5.41, 5.74) is 0.572. The molecule has 108 valence electrons. The second-order valence-corrected chi connectivity index (χ2v) is 7.04. The zero-order chi connectivity index (χ0) is 14.9. The number of halogens is 4. The van der Waals surface area contributed by atoms with Crippen LogP contribution < -0.4 is 5.32 Å². The Balaban J connectivity index is 2.20. The van der Waals surface area contributed by atoms with Crippen molar-refractivity contribution in [1.29, 1.82) is 0 Å². The van der Waals surface area contributed by atoms with Crippen LogP contribution in [0.1, 0.15) is 36.4 Å². The highest BCUT2D eigenvalue weighted by Crippen LogP contribution is 2.34. The minimum absolute atomic E-state index is 0.0638. The smallest absolute Gasteiger partial charge is 0.142 e. The number of hydrogen-bond donors (Lipinski definition) is 1. The van der Waals surface area contributed by atoms with Gasteiger partial charge in [0.1, 0.15) is 5.82 Å². The standard InChI is InChI=1S/C14H13Cl3FNS/c1-7(11-5-6-12(16)20-11)19-8(2)13-9(15)3-4-10(18)14(13)17/h3-8,19H,1-2H3. The summed E-state index contributed by atoms with van der Waals surface area (Å²) in [5.74, 6) is -0.466. The van der Waals surface area contributed by atoms with E-state index in [1.165, 1.54) is 23.5 Å². The van der Waals surface area contributed by atoms with Crippen LogP contribution >= 0.6 is 46.1 Å². The minimum atomic E-state index is -0.466. The van der Waals surface area contributed by atoms with Crippen LogP contribution in [-0.4, -0.2) is 0 Å². The van der Waals surface area contributed by atoms with E-state index in [0.717, 1.165) is 9.21 Å². The molecule has 1 aromatic carbocycles. The maximum Gasteiger partial charge on any atom is 0.142 e. The van der Waals surface area contributed by atoms with Crippen molar-refractivity contribution in [2.75, 3.05) is 0 Å². The van der Waals surface area contributed by atoms with E-state index in [1.54, 1.807) is 0 Å². The van der Waals surface area contributed by atoms with Crippen molar-refractivity contribution in [3.63, 3.8) is 0 Å². The van der Waals surface area contributed by atoms with Crippen LogP contribution in [-0.2, 0) is 0 Å². The molecule has 0 saturated heterocycles. The Bertz CT molecular complexity index is 614. The number of nitrogens with one attached hydrogen (secondary N) is 1. The van der Waals surface area contributed by atoms with E-state index < -0.39 is 5.82 Å². The summed E-state index contributed by atoms with van der Waals surface area (Å²) >= 11 is 19.6. The molecule has 0 spiro atoms. The van der Waals surface area contributed by atoms with Gasteiger partial charge in [-0.2, -0.15) is 0 Å². The van der Waals surface area contributed by atoms with Crippen LogP contribution in [0.25, 0.3) is 0 Å². The van der Waals surface area contributed by atoms with Crippen molar-refractivity contribution in [2.24, 2.45) is 0 Å². The first-order valence-corrected chi connectivity index (χ1v) is 8.00. The molecule has 0 aliphatic heterocycles. The van der Waals surface area contributed by atoms with E-state index in [1.807, 2.05) is 26.0 Å². The summed E-state index contributed by atoms with van der Waals surface area (Å²) in [6.07, 6.45) is 0. The topological polar surface area (TPSA) is 12.0 Å². The van der Waals surface area contributed by atoms with Crippen LogP contribution in [0.15, 0.2) is 24.3 Å². The van der Waals surface area contributed by atoms with Gasteiger partial charge in [0.25, 0.3) is 0 Å². The average molecular weight is 353 g/mol. The molecule has 1 heterocycles. The van der Waals surface area contributed by atoms with E-state index >= 15 is 0 Å². The van der Waals surface area contributed by atoms with Crippen LogP contribution in [0.2, 0.25) is 14.4 Å². The molecule has 0 radical (unpaired) electrons. The number of thiophene rings is 1. The molecular weight excluding hydrogens is 340 g/mol. The van der Waals surface area contributed by atoms with Gasteiger partial charge >= 0.3 is 0 Å². The van der Waals surface area contributed by atoms with Gasteiger partial charge in [-0.25, -0.2) is 4.39 Å². The van der Waals surface area contributed by atoms with Gasteiger partial charge in [-0.05, 0) is 38.1 Å². The lowest BCUT2D eigenvalue weighted by atomic mass is 10.1. The number of benzene rings is 1. The van der Waals surface area contributed by atoms with Crippen molar-refractivity contribution in [3.05, 3.63) is 54.9 Å². The molecule has 1 N–H and O–H groups in total. The molecule has 0 fully saturated rings. The lowest BCUT2D eigenvalue weighted by Crippen LogP contribution is -2.22. The monoisotopic (exact) mass is 351 g/mol. The Morgan fingerprint density at radius 3 is 2.35 bits per heavy atom. The van der Waals surface area contributed by atoms with Crippen molar-refractivity contribution < 1.29 is 4.39 Å². The third-order valence-corrected chi connectivity index (χ3v) is 5.16. The first-order chi connectivity index (χ1) is 9.40. The predicted octanol–water partition coefficient (Wildman–Crippen LogP) is 6.26. The Kier molecular flexibility index (Phi) is 5.32. The molecule has 0 aliphatic carbocycles. The van der Waals surface area contributed by atoms with Crippen LogP contribution in [0.5, 0.6) is 0 Å². The molecule has 0 bridgehead atoms. The van der Waals surface area contributed by atoms with Gasteiger partial charge in [-0.15, -0.1) is 11.3 Å². The lowest BCUT2D eigenvalue weighted by Gasteiger charge is -2.21. The Morgan fingerprint density at radius 1 is 1.05 bits per heavy atom. The summed E-state index contributed by atoms with van der Waals surface area (Å²) in [4.78, 5) is 1.10.